The van der Waals surface area contributed by atoms with Gasteiger partial charge in [-0.3, -0.25) is 0 Å². The Balaban J connectivity index is 2.69. The predicted octanol–water partition coefficient (Wildman–Crippen LogP) is 2.12. The third-order valence-electron chi connectivity index (χ3n) is 1.96. The normalized spacial score (nSPS) is 23.8. The maximum absolute atomic E-state index is 11.0. The highest BCUT2D eigenvalue weighted by Crippen LogP contribution is 2.22. The van der Waals surface area contributed by atoms with Gasteiger partial charge in [-0.25, -0.2) is 4.79 Å². The van der Waals surface area contributed by atoms with Crippen molar-refractivity contribution in [2.24, 2.45) is 5.92 Å². The maximum atomic E-state index is 11.0. The Morgan fingerprint density at radius 3 is 2.92 bits per heavy atom. The molecule has 0 aromatic rings. The second-order valence-electron chi connectivity index (χ2n) is 3.29. The topological polar surface area (TPSA) is 26.3 Å². The summed E-state index contributed by atoms with van der Waals surface area (Å²) in [6.45, 7) is 4.13. The zero-order valence-electron chi connectivity index (χ0n) is 7.34. The number of rotatable bonds is 2. The molecule has 2 nitrogen and oxygen atoms in total. The molecular weight excluding hydrogens is 176 g/mol. The van der Waals surface area contributed by atoms with Crippen LogP contribution in [0.4, 0.5) is 0 Å². The van der Waals surface area contributed by atoms with Crippen LogP contribution in [0.5, 0.6) is 0 Å². The number of esters is 1. The standard InChI is InChI=1S/C9H13ClO2/c1-6(2)7-3-8(5-10)12-9(11)4-7/h4,6,8H,3,5H2,1-2H3/t8-/m0/s1. The summed E-state index contributed by atoms with van der Waals surface area (Å²) in [5.74, 6) is 0.537. The molecular formula is C9H13ClO2. The fourth-order valence-corrected chi connectivity index (χ4v) is 1.37. The molecule has 1 rings (SSSR count). The lowest BCUT2D eigenvalue weighted by molar-refractivity contribution is -0.143. The number of cyclic esters (lactones) is 1. The second kappa shape index (κ2) is 3.94. The van der Waals surface area contributed by atoms with Gasteiger partial charge in [-0.15, -0.1) is 11.6 Å². The number of carbonyl (C=O) groups excluding carboxylic acids is 1. The lowest BCUT2D eigenvalue weighted by atomic mass is 9.96. The number of hydrogen-bond acceptors (Lipinski definition) is 2. The third kappa shape index (κ3) is 2.24. The first-order chi connectivity index (χ1) is 5.63. The molecule has 12 heavy (non-hydrogen) atoms. The summed E-state index contributed by atoms with van der Waals surface area (Å²) in [7, 11) is 0. The molecule has 3 heteroatoms. The van der Waals surface area contributed by atoms with E-state index in [2.05, 4.69) is 13.8 Å². The van der Waals surface area contributed by atoms with Crippen molar-refractivity contribution in [1.29, 1.82) is 0 Å². The van der Waals surface area contributed by atoms with Crippen LogP contribution in [-0.2, 0) is 9.53 Å². The third-order valence-corrected chi connectivity index (χ3v) is 2.31. The smallest absolute Gasteiger partial charge is 0.331 e. The highest BCUT2D eigenvalue weighted by atomic mass is 35.5. The van der Waals surface area contributed by atoms with Crippen molar-refractivity contribution in [2.45, 2.75) is 26.4 Å². The molecule has 1 aliphatic heterocycles. The van der Waals surface area contributed by atoms with Crippen LogP contribution in [0.2, 0.25) is 0 Å². The van der Waals surface area contributed by atoms with Gasteiger partial charge in [0.25, 0.3) is 0 Å². The van der Waals surface area contributed by atoms with Crippen LogP contribution >= 0.6 is 11.6 Å². The number of ether oxygens (including phenoxy) is 1. The van der Waals surface area contributed by atoms with Crippen LogP contribution in [0.25, 0.3) is 0 Å². The van der Waals surface area contributed by atoms with Gasteiger partial charge in [-0.1, -0.05) is 19.4 Å². The van der Waals surface area contributed by atoms with Gasteiger partial charge in [0.05, 0.1) is 5.88 Å². The molecule has 0 aromatic heterocycles. The van der Waals surface area contributed by atoms with Crippen molar-refractivity contribution < 1.29 is 9.53 Å². The monoisotopic (exact) mass is 188 g/mol. The zero-order chi connectivity index (χ0) is 9.14. The molecule has 1 heterocycles. The fourth-order valence-electron chi connectivity index (χ4n) is 1.20. The molecule has 0 spiro atoms. The molecule has 0 aliphatic carbocycles. The summed E-state index contributed by atoms with van der Waals surface area (Å²) in [6, 6.07) is 0. The summed E-state index contributed by atoms with van der Waals surface area (Å²) in [6.07, 6.45) is 2.24. The average molecular weight is 189 g/mol. The van der Waals surface area contributed by atoms with Crippen LogP contribution in [0, 0.1) is 5.92 Å². The molecule has 0 N–H and O–H groups in total. The summed E-state index contributed by atoms with van der Waals surface area (Å²) in [5, 5.41) is 0. The quantitative estimate of drug-likeness (QED) is 0.490. The zero-order valence-corrected chi connectivity index (χ0v) is 8.10. The molecule has 0 saturated heterocycles. The molecule has 0 unspecified atom stereocenters. The number of hydrogen-bond donors (Lipinski definition) is 0. The molecule has 0 bridgehead atoms. The lowest BCUT2D eigenvalue weighted by Crippen LogP contribution is -2.25. The van der Waals surface area contributed by atoms with E-state index in [9.17, 15) is 4.79 Å². The number of alkyl halides is 1. The second-order valence-corrected chi connectivity index (χ2v) is 3.60. The summed E-state index contributed by atoms with van der Waals surface area (Å²) >= 11 is 5.61. The highest BCUT2D eigenvalue weighted by molar-refractivity contribution is 6.18. The van der Waals surface area contributed by atoms with Gasteiger partial charge in [-0.05, 0) is 5.92 Å². The van der Waals surface area contributed by atoms with E-state index < -0.39 is 0 Å². The minimum atomic E-state index is -0.254. The van der Waals surface area contributed by atoms with E-state index in [0.717, 1.165) is 12.0 Å². The van der Waals surface area contributed by atoms with Crippen molar-refractivity contribution in [3.8, 4) is 0 Å². The van der Waals surface area contributed by atoms with Crippen LogP contribution in [0.3, 0.4) is 0 Å². The molecule has 0 fully saturated rings. The molecule has 0 radical (unpaired) electrons. The van der Waals surface area contributed by atoms with E-state index in [1.165, 1.54) is 0 Å². The molecule has 1 atom stereocenters. The van der Waals surface area contributed by atoms with Crippen LogP contribution in [0.15, 0.2) is 11.6 Å². The fraction of sp³-hybridized carbons (Fsp3) is 0.667. The van der Waals surface area contributed by atoms with E-state index in [1.54, 1.807) is 6.08 Å². The molecule has 1 aliphatic rings. The minimum absolute atomic E-state index is 0.124. The van der Waals surface area contributed by atoms with Crippen LogP contribution in [-0.4, -0.2) is 18.0 Å². The van der Waals surface area contributed by atoms with E-state index in [1.807, 2.05) is 0 Å². The van der Waals surface area contributed by atoms with Crippen molar-refractivity contribution in [1.82, 2.24) is 0 Å². The first-order valence-electron chi connectivity index (χ1n) is 4.10. The first kappa shape index (κ1) is 9.59. The Hall–Kier alpha value is -0.500. The van der Waals surface area contributed by atoms with E-state index >= 15 is 0 Å². The van der Waals surface area contributed by atoms with E-state index in [-0.39, 0.29) is 12.1 Å². The average Bonchev–Trinajstić information content (AvgIpc) is 2.03. The van der Waals surface area contributed by atoms with Gasteiger partial charge < -0.3 is 4.74 Å². The number of carbonyl (C=O) groups is 1. The van der Waals surface area contributed by atoms with Gasteiger partial charge in [0.2, 0.25) is 0 Å². The van der Waals surface area contributed by atoms with Crippen molar-refractivity contribution in [3.05, 3.63) is 11.6 Å². The Morgan fingerprint density at radius 1 is 1.75 bits per heavy atom. The van der Waals surface area contributed by atoms with E-state index in [4.69, 9.17) is 16.3 Å². The van der Waals surface area contributed by atoms with Gasteiger partial charge >= 0.3 is 5.97 Å². The lowest BCUT2D eigenvalue weighted by Gasteiger charge is -2.23. The van der Waals surface area contributed by atoms with E-state index in [0.29, 0.717) is 11.8 Å². The maximum Gasteiger partial charge on any atom is 0.331 e. The molecule has 0 aromatic carbocycles. The highest BCUT2D eigenvalue weighted by Gasteiger charge is 2.21. The van der Waals surface area contributed by atoms with Crippen LogP contribution in [0.1, 0.15) is 20.3 Å². The summed E-state index contributed by atoms with van der Waals surface area (Å²) in [4.78, 5) is 11.0. The Morgan fingerprint density at radius 2 is 2.42 bits per heavy atom. The van der Waals surface area contributed by atoms with Crippen molar-refractivity contribution in [2.75, 3.05) is 5.88 Å². The molecule has 0 amide bonds. The SMILES string of the molecule is CC(C)C1=CC(=O)O[C@H](CCl)C1. The Bertz CT molecular complexity index is 209. The van der Waals surface area contributed by atoms with Crippen molar-refractivity contribution in [3.63, 3.8) is 0 Å². The molecule has 68 valence electrons. The van der Waals surface area contributed by atoms with Crippen LogP contribution < -0.4 is 0 Å². The largest absolute Gasteiger partial charge is 0.458 e. The Labute approximate surface area is 77.5 Å². The summed E-state index contributed by atoms with van der Waals surface area (Å²) < 4.78 is 4.97. The van der Waals surface area contributed by atoms with Gasteiger partial charge in [0.1, 0.15) is 6.10 Å². The number of halogens is 1. The Kier molecular flexibility index (Phi) is 3.15. The van der Waals surface area contributed by atoms with Crippen molar-refractivity contribution >= 4 is 17.6 Å². The molecule has 0 saturated carbocycles. The van der Waals surface area contributed by atoms with Gasteiger partial charge in [-0.2, -0.15) is 0 Å². The minimum Gasteiger partial charge on any atom is -0.458 e. The van der Waals surface area contributed by atoms with Gasteiger partial charge in [0, 0.05) is 12.5 Å². The predicted molar refractivity (Wildman–Crippen MR) is 48.1 cm³/mol. The first-order valence-corrected chi connectivity index (χ1v) is 4.64. The summed E-state index contributed by atoms with van der Waals surface area (Å²) in [5.41, 5.74) is 1.14. The van der Waals surface area contributed by atoms with Gasteiger partial charge in [0.15, 0.2) is 0 Å².